The molecule has 0 fully saturated rings. The van der Waals surface area contributed by atoms with Crippen molar-refractivity contribution in [2.24, 2.45) is 0 Å². The summed E-state index contributed by atoms with van der Waals surface area (Å²) in [5, 5.41) is 5.66. The van der Waals surface area contributed by atoms with Gasteiger partial charge >= 0.3 is 0 Å². The number of amides is 1. The summed E-state index contributed by atoms with van der Waals surface area (Å²) >= 11 is 0. The van der Waals surface area contributed by atoms with Crippen LogP contribution in [0.2, 0.25) is 0 Å². The smallest absolute Gasteiger partial charge is 0.275 e. The highest BCUT2D eigenvalue weighted by molar-refractivity contribution is 6.02. The van der Waals surface area contributed by atoms with Gasteiger partial charge in [0.2, 0.25) is 0 Å². The molecule has 1 aromatic heterocycles. The topological polar surface area (TPSA) is 85.4 Å². The Morgan fingerprint density at radius 2 is 1.81 bits per heavy atom. The molecule has 0 atom stereocenters. The third-order valence-corrected chi connectivity index (χ3v) is 3.78. The SMILES string of the molecule is O=C(Nc1cccc(F)c1)c1cnc(Nc2ccc3c(c2)OCCO3)cn1. The number of fused-ring (bicyclic) bond motifs is 1. The highest BCUT2D eigenvalue weighted by Gasteiger charge is 2.13. The number of anilines is 3. The van der Waals surface area contributed by atoms with E-state index in [9.17, 15) is 9.18 Å². The standard InChI is InChI=1S/C19H15FN4O3/c20-12-2-1-3-13(8-12)24-19(25)15-10-22-18(11-21-15)23-14-4-5-16-17(9-14)27-7-6-26-16/h1-5,8-11H,6-7H2,(H,22,23)(H,24,25). The first kappa shape index (κ1) is 16.8. The fourth-order valence-electron chi connectivity index (χ4n) is 2.54. The Morgan fingerprint density at radius 3 is 2.59 bits per heavy atom. The Hall–Kier alpha value is -3.68. The third-order valence-electron chi connectivity index (χ3n) is 3.78. The van der Waals surface area contributed by atoms with Crippen molar-refractivity contribution in [1.29, 1.82) is 0 Å². The van der Waals surface area contributed by atoms with Gasteiger partial charge in [-0.25, -0.2) is 14.4 Å². The molecule has 0 bridgehead atoms. The molecule has 8 heteroatoms. The van der Waals surface area contributed by atoms with Gasteiger partial charge in [0.05, 0.1) is 12.4 Å². The number of benzene rings is 2. The van der Waals surface area contributed by atoms with Gasteiger partial charge in [-0.1, -0.05) is 6.07 Å². The molecule has 3 aromatic rings. The second-order valence-corrected chi connectivity index (χ2v) is 5.73. The zero-order chi connectivity index (χ0) is 18.6. The highest BCUT2D eigenvalue weighted by Crippen LogP contribution is 2.33. The van der Waals surface area contributed by atoms with Crippen LogP contribution in [0, 0.1) is 5.82 Å². The van der Waals surface area contributed by atoms with E-state index in [-0.39, 0.29) is 5.69 Å². The lowest BCUT2D eigenvalue weighted by Crippen LogP contribution is -2.15. The summed E-state index contributed by atoms with van der Waals surface area (Å²) < 4.78 is 24.2. The van der Waals surface area contributed by atoms with E-state index in [1.165, 1.54) is 30.6 Å². The van der Waals surface area contributed by atoms with E-state index in [0.29, 0.717) is 36.2 Å². The molecule has 0 unspecified atom stereocenters. The van der Waals surface area contributed by atoms with E-state index in [4.69, 9.17) is 9.47 Å². The largest absolute Gasteiger partial charge is 0.486 e. The lowest BCUT2D eigenvalue weighted by atomic mass is 10.2. The van der Waals surface area contributed by atoms with E-state index >= 15 is 0 Å². The number of rotatable bonds is 4. The van der Waals surface area contributed by atoms with Crippen LogP contribution in [0.25, 0.3) is 0 Å². The van der Waals surface area contributed by atoms with Crippen molar-refractivity contribution in [3.05, 3.63) is 66.4 Å². The van der Waals surface area contributed by atoms with Crippen molar-refractivity contribution >= 4 is 23.1 Å². The number of halogens is 1. The molecule has 1 amide bonds. The monoisotopic (exact) mass is 366 g/mol. The van der Waals surface area contributed by atoms with Crippen LogP contribution >= 0.6 is 0 Å². The summed E-state index contributed by atoms with van der Waals surface area (Å²) in [7, 11) is 0. The Morgan fingerprint density at radius 1 is 0.963 bits per heavy atom. The Kier molecular flexibility index (Phi) is 4.52. The van der Waals surface area contributed by atoms with E-state index < -0.39 is 11.7 Å². The molecular weight excluding hydrogens is 351 g/mol. The maximum atomic E-state index is 13.2. The lowest BCUT2D eigenvalue weighted by molar-refractivity contribution is 0.102. The van der Waals surface area contributed by atoms with Crippen LogP contribution in [0.15, 0.2) is 54.9 Å². The van der Waals surface area contributed by atoms with Gasteiger partial charge in [0.15, 0.2) is 11.5 Å². The summed E-state index contributed by atoms with van der Waals surface area (Å²) in [5.41, 5.74) is 1.22. The fraction of sp³-hybridized carbons (Fsp3) is 0.105. The molecule has 0 radical (unpaired) electrons. The van der Waals surface area contributed by atoms with Crippen LogP contribution in [0.1, 0.15) is 10.5 Å². The first-order chi connectivity index (χ1) is 13.2. The summed E-state index contributed by atoms with van der Waals surface area (Å²) in [4.78, 5) is 20.4. The number of ether oxygens (including phenoxy) is 2. The van der Waals surface area contributed by atoms with Crippen LogP contribution < -0.4 is 20.1 Å². The zero-order valence-electron chi connectivity index (χ0n) is 14.1. The van der Waals surface area contributed by atoms with Gasteiger partial charge in [0.25, 0.3) is 5.91 Å². The number of nitrogens with one attached hydrogen (secondary N) is 2. The molecule has 2 aromatic carbocycles. The molecule has 1 aliphatic heterocycles. The minimum Gasteiger partial charge on any atom is -0.486 e. The molecule has 136 valence electrons. The number of aromatic nitrogens is 2. The Labute approximate surface area is 154 Å². The molecule has 2 heterocycles. The van der Waals surface area contributed by atoms with Crippen LogP contribution in [-0.4, -0.2) is 29.1 Å². The summed E-state index contributed by atoms with van der Waals surface area (Å²) in [6.45, 7) is 1.04. The number of nitrogens with zero attached hydrogens (tertiary/aromatic N) is 2. The van der Waals surface area contributed by atoms with Crippen LogP contribution in [0.3, 0.4) is 0 Å². The Bertz CT molecular complexity index is 979. The average molecular weight is 366 g/mol. The van der Waals surface area contributed by atoms with Crippen LogP contribution in [0.4, 0.5) is 21.6 Å². The molecular formula is C19H15FN4O3. The number of carbonyl (C=O) groups excluding carboxylic acids is 1. The van der Waals surface area contributed by atoms with Crippen molar-refractivity contribution in [2.75, 3.05) is 23.8 Å². The molecule has 2 N–H and O–H groups in total. The number of carbonyl (C=O) groups is 1. The second-order valence-electron chi connectivity index (χ2n) is 5.73. The average Bonchev–Trinajstić information content (AvgIpc) is 2.68. The summed E-state index contributed by atoms with van der Waals surface area (Å²) in [6.07, 6.45) is 2.78. The first-order valence-corrected chi connectivity index (χ1v) is 8.23. The molecule has 0 spiro atoms. The van der Waals surface area contributed by atoms with Crippen molar-refractivity contribution in [3.63, 3.8) is 0 Å². The minimum atomic E-state index is -0.473. The molecule has 0 saturated heterocycles. The van der Waals surface area contributed by atoms with E-state index in [0.717, 1.165) is 5.69 Å². The molecule has 1 aliphatic rings. The van der Waals surface area contributed by atoms with Gasteiger partial charge < -0.3 is 20.1 Å². The van der Waals surface area contributed by atoms with Crippen molar-refractivity contribution in [3.8, 4) is 11.5 Å². The Balaban J connectivity index is 1.43. The molecule has 0 saturated carbocycles. The van der Waals surface area contributed by atoms with Crippen molar-refractivity contribution in [2.45, 2.75) is 0 Å². The van der Waals surface area contributed by atoms with Crippen molar-refractivity contribution < 1.29 is 18.7 Å². The predicted molar refractivity (Wildman–Crippen MR) is 97.1 cm³/mol. The van der Waals surface area contributed by atoms with Gasteiger partial charge in [-0.3, -0.25) is 4.79 Å². The lowest BCUT2D eigenvalue weighted by Gasteiger charge is -2.19. The highest BCUT2D eigenvalue weighted by atomic mass is 19.1. The zero-order valence-corrected chi connectivity index (χ0v) is 14.1. The molecule has 4 rings (SSSR count). The van der Waals surface area contributed by atoms with E-state index in [1.54, 1.807) is 12.1 Å². The van der Waals surface area contributed by atoms with E-state index in [2.05, 4.69) is 20.6 Å². The fourth-order valence-corrected chi connectivity index (χ4v) is 2.54. The minimum absolute atomic E-state index is 0.118. The van der Waals surface area contributed by atoms with Gasteiger partial charge in [0, 0.05) is 17.4 Å². The second kappa shape index (κ2) is 7.28. The van der Waals surface area contributed by atoms with Gasteiger partial charge in [-0.2, -0.15) is 0 Å². The van der Waals surface area contributed by atoms with Gasteiger partial charge in [-0.15, -0.1) is 0 Å². The quantitative estimate of drug-likeness (QED) is 0.736. The first-order valence-electron chi connectivity index (χ1n) is 8.23. The summed E-state index contributed by atoms with van der Waals surface area (Å²) in [5.74, 6) is 0.915. The number of hydrogen-bond donors (Lipinski definition) is 2. The van der Waals surface area contributed by atoms with Crippen LogP contribution in [-0.2, 0) is 0 Å². The number of hydrogen-bond acceptors (Lipinski definition) is 6. The maximum Gasteiger partial charge on any atom is 0.275 e. The normalized spacial score (nSPS) is 12.3. The van der Waals surface area contributed by atoms with Gasteiger partial charge in [0.1, 0.15) is 30.5 Å². The third kappa shape index (κ3) is 3.95. The maximum absolute atomic E-state index is 13.2. The predicted octanol–water partition coefficient (Wildman–Crippen LogP) is 3.38. The van der Waals surface area contributed by atoms with Crippen LogP contribution in [0.5, 0.6) is 11.5 Å². The van der Waals surface area contributed by atoms with Gasteiger partial charge in [-0.05, 0) is 30.3 Å². The van der Waals surface area contributed by atoms with Crippen molar-refractivity contribution in [1.82, 2.24) is 9.97 Å². The molecule has 27 heavy (non-hydrogen) atoms. The van der Waals surface area contributed by atoms with E-state index in [1.807, 2.05) is 12.1 Å². The summed E-state index contributed by atoms with van der Waals surface area (Å²) in [6, 6.07) is 11.1. The molecule has 7 nitrogen and oxygen atoms in total. The molecule has 0 aliphatic carbocycles.